The number of anilines is 1. The number of carbonyl (C=O) groups excluding carboxylic acids is 1. The van der Waals surface area contributed by atoms with Crippen LogP contribution in [0.3, 0.4) is 0 Å². The van der Waals surface area contributed by atoms with Crippen LogP contribution in [0.25, 0.3) is 0 Å². The zero-order valence-corrected chi connectivity index (χ0v) is 12.1. The van der Waals surface area contributed by atoms with Gasteiger partial charge in [0, 0.05) is 45.5 Å². The molecular formula is C14H22N4O. The van der Waals surface area contributed by atoms with E-state index in [0.29, 0.717) is 11.6 Å². The van der Waals surface area contributed by atoms with Crippen LogP contribution in [0, 0.1) is 0 Å². The predicted molar refractivity (Wildman–Crippen MR) is 76.5 cm³/mol. The van der Waals surface area contributed by atoms with Gasteiger partial charge in [0.15, 0.2) is 0 Å². The number of rotatable bonds is 2. The van der Waals surface area contributed by atoms with E-state index in [2.05, 4.69) is 24.1 Å². The van der Waals surface area contributed by atoms with Gasteiger partial charge in [-0.15, -0.1) is 0 Å². The van der Waals surface area contributed by atoms with Crippen molar-refractivity contribution in [2.75, 3.05) is 32.1 Å². The van der Waals surface area contributed by atoms with Gasteiger partial charge in [-0.1, -0.05) is 0 Å². The van der Waals surface area contributed by atoms with E-state index < -0.39 is 0 Å². The quantitative estimate of drug-likeness (QED) is 0.863. The lowest BCUT2D eigenvalue weighted by Gasteiger charge is -2.38. The van der Waals surface area contributed by atoms with Crippen molar-refractivity contribution in [2.24, 2.45) is 0 Å². The number of nitrogens with zero attached hydrogens (tertiary/aromatic N) is 3. The molecule has 1 aliphatic heterocycles. The minimum Gasteiger partial charge on any atom is -0.363 e. The third-order valence-corrected chi connectivity index (χ3v) is 3.75. The summed E-state index contributed by atoms with van der Waals surface area (Å²) in [5, 5.41) is 3.38. The molecule has 0 aromatic carbocycles. The SMILES string of the molecule is CC1NCCN(C(=O)c2ccc(N(C)C)nc2)C1C. The van der Waals surface area contributed by atoms with Crippen molar-refractivity contribution in [3.05, 3.63) is 23.9 Å². The Balaban J connectivity index is 2.14. The molecule has 1 fully saturated rings. The maximum absolute atomic E-state index is 12.5. The van der Waals surface area contributed by atoms with E-state index >= 15 is 0 Å². The molecule has 0 radical (unpaired) electrons. The minimum absolute atomic E-state index is 0.0682. The number of amides is 1. The Morgan fingerprint density at radius 3 is 2.74 bits per heavy atom. The van der Waals surface area contributed by atoms with E-state index in [1.54, 1.807) is 6.20 Å². The fourth-order valence-electron chi connectivity index (χ4n) is 2.29. The number of aromatic nitrogens is 1. The van der Waals surface area contributed by atoms with Crippen LogP contribution < -0.4 is 10.2 Å². The van der Waals surface area contributed by atoms with E-state index in [0.717, 1.165) is 18.9 Å². The molecule has 0 saturated carbocycles. The molecule has 2 heterocycles. The lowest BCUT2D eigenvalue weighted by atomic mass is 10.1. The van der Waals surface area contributed by atoms with Crippen LogP contribution >= 0.6 is 0 Å². The number of hydrogen-bond donors (Lipinski definition) is 1. The Kier molecular flexibility index (Phi) is 4.04. The molecule has 0 spiro atoms. The van der Waals surface area contributed by atoms with Gasteiger partial charge in [0.05, 0.1) is 5.56 Å². The second-order valence-corrected chi connectivity index (χ2v) is 5.28. The summed E-state index contributed by atoms with van der Waals surface area (Å²) in [5.41, 5.74) is 0.659. The van der Waals surface area contributed by atoms with Gasteiger partial charge in [-0.3, -0.25) is 4.79 Å². The highest BCUT2D eigenvalue weighted by atomic mass is 16.2. The molecule has 19 heavy (non-hydrogen) atoms. The van der Waals surface area contributed by atoms with Crippen LogP contribution in [0.1, 0.15) is 24.2 Å². The molecule has 5 heteroatoms. The number of hydrogen-bond acceptors (Lipinski definition) is 4. The fraction of sp³-hybridized carbons (Fsp3) is 0.571. The lowest BCUT2D eigenvalue weighted by molar-refractivity contribution is 0.0602. The zero-order chi connectivity index (χ0) is 14.0. The predicted octanol–water partition coefficient (Wildman–Crippen LogP) is 0.970. The molecule has 104 valence electrons. The highest BCUT2D eigenvalue weighted by Crippen LogP contribution is 2.15. The van der Waals surface area contributed by atoms with Gasteiger partial charge in [-0.25, -0.2) is 4.98 Å². The summed E-state index contributed by atoms with van der Waals surface area (Å²) < 4.78 is 0. The van der Waals surface area contributed by atoms with Crippen molar-refractivity contribution in [1.82, 2.24) is 15.2 Å². The summed E-state index contributed by atoms with van der Waals surface area (Å²) in [6.45, 7) is 5.79. The van der Waals surface area contributed by atoms with Gasteiger partial charge < -0.3 is 15.1 Å². The molecule has 5 nitrogen and oxygen atoms in total. The summed E-state index contributed by atoms with van der Waals surface area (Å²) in [6, 6.07) is 4.26. The Hall–Kier alpha value is -1.62. The van der Waals surface area contributed by atoms with Crippen LogP contribution in [0.4, 0.5) is 5.82 Å². The van der Waals surface area contributed by atoms with Gasteiger partial charge in [0.25, 0.3) is 5.91 Å². The summed E-state index contributed by atoms with van der Waals surface area (Å²) >= 11 is 0. The number of piperazine rings is 1. The molecule has 0 aliphatic carbocycles. The summed E-state index contributed by atoms with van der Waals surface area (Å²) in [4.78, 5) is 20.6. The summed E-state index contributed by atoms with van der Waals surface area (Å²) in [7, 11) is 3.87. The first-order valence-electron chi connectivity index (χ1n) is 6.68. The molecule has 1 aliphatic rings. The first kappa shape index (κ1) is 13.8. The van der Waals surface area contributed by atoms with E-state index in [4.69, 9.17) is 0 Å². The van der Waals surface area contributed by atoms with Crippen molar-refractivity contribution in [3.63, 3.8) is 0 Å². The van der Waals surface area contributed by atoms with Crippen molar-refractivity contribution in [1.29, 1.82) is 0 Å². The number of pyridine rings is 1. The Morgan fingerprint density at radius 2 is 2.16 bits per heavy atom. The van der Waals surface area contributed by atoms with Crippen molar-refractivity contribution >= 4 is 11.7 Å². The number of nitrogens with one attached hydrogen (secondary N) is 1. The molecule has 1 aromatic rings. The molecule has 2 unspecified atom stereocenters. The van der Waals surface area contributed by atoms with Crippen molar-refractivity contribution < 1.29 is 4.79 Å². The number of carbonyl (C=O) groups is 1. The third kappa shape index (κ3) is 2.87. The van der Waals surface area contributed by atoms with Gasteiger partial charge in [0.2, 0.25) is 0 Å². The average molecular weight is 262 g/mol. The molecule has 0 bridgehead atoms. The monoisotopic (exact) mass is 262 g/mol. The average Bonchev–Trinajstić information content (AvgIpc) is 2.41. The van der Waals surface area contributed by atoms with Crippen LogP contribution in [0.2, 0.25) is 0 Å². The van der Waals surface area contributed by atoms with Crippen LogP contribution in [0.15, 0.2) is 18.3 Å². The lowest BCUT2D eigenvalue weighted by Crippen LogP contribution is -2.57. The Morgan fingerprint density at radius 1 is 1.42 bits per heavy atom. The topological polar surface area (TPSA) is 48.5 Å². The van der Waals surface area contributed by atoms with Crippen LogP contribution in [0.5, 0.6) is 0 Å². The van der Waals surface area contributed by atoms with Crippen molar-refractivity contribution in [3.8, 4) is 0 Å². The second-order valence-electron chi connectivity index (χ2n) is 5.28. The Bertz CT molecular complexity index is 443. The Labute approximate surface area is 114 Å². The smallest absolute Gasteiger partial charge is 0.255 e. The van der Waals surface area contributed by atoms with Gasteiger partial charge >= 0.3 is 0 Å². The molecule has 1 saturated heterocycles. The van der Waals surface area contributed by atoms with Crippen LogP contribution in [-0.4, -0.2) is 55.1 Å². The van der Waals surface area contributed by atoms with Crippen LogP contribution in [-0.2, 0) is 0 Å². The maximum atomic E-state index is 12.5. The maximum Gasteiger partial charge on any atom is 0.255 e. The fourth-order valence-corrected chi connectivity index (χ4v) is 2.29. The second kappa shape index (κ2) is 5.57. The molecule has 1 amide bonds. The van der Waals surface area contributed by atoms with Gasteiger partial charge in [-0.05, 0) is 26.0 Å². The molecule has 1 aromatic heterocycles. The first-order valence-corrected chi connectivity index (χ1v) is 6.68. The minimum atomic E-state index is 0.0682. The molecular weight excluding hydrogens is 240 g/mol. The molecule has 2 rings (SSSR count). The molecule has 2 atom stereocenters. The van der Waals surface area contributed by atoms with E-state index in [9.17, 15) is 4.79 Å². The summed E-state index contributed by atoms with van der Waals surface area (Å²) in [5.74, 6) is 0.928. The van der Waals surface area contributed by atoms with E-state index in [-0.39, 0.29) is 11.9 Å². The highest BCUT2D eigenvalue weighted by molar-refractivity contribution is 5.94. The largest absolute Gasteiger partial charge is 0.363 e. The third-order valence-electron chi connectivity index (χ3n) is 3.75. The van der Waals surface area contributed by atoms with Gasteiger partial charge in [-0.2, -0.15) is 0 Å². The van der Waals surface area contributed by atoms with Crippen molar-refractivity contribution in [2.45, 2.75) is 25.9 Å². The first-order chi connectivity index (χ1) is 9.00. The zero-order valence-electron chi connectivity index (χ0n) is 12.1. The van der Waals surface area contributed by atoms with E-state index in [1.165, 1.54) is 0 Å². The standard InChI is InChI=1S/C14H22N4O/c1-10-11(2)18(8-7-15-10)14(19)12-5-6-13(16-9-12)17(3)4/h5-6,9-11,15H,7-8H2,1-4H3. The highest BCUT2D eigenvalue weighted by Gasteiger charge is 2.28. The van der Waals surface area contributed by atoms with E-state index in [1.807, 2.05) is 36.0 Å². The normalized spacial score (nSPS) is 23.3. The van der Waals surface area contributed by atoms with Gasteiger partial charge in [0.1, 0.15) is 5.82 Å². The molecule has 1 N–H and O–H groups in total. The summed E-state index contributed by atoms with van der Waals surface area (Å²) in [6.07, 6.45) is 1.66.